The van der Waals surface area contributed by atoms with E-state index in [1.165, 1.54) is 4.90 Å². The largest absolute Gasteiger partial charge is 0.497 e. The predicted molar refractivity (Wildman–Crippen MR) is 119 cm³/mol. The quantitative estimate of drug-likeness (QED) is 0.526. The van der Waals surface area contributed by atoms with Gasteiger partial charge < -0.3 is 24.8 Å². The summed E-state index contributed by atoms with van der Waals surface area (Å²) in [6.07, 6.45) is 0.383. The second-order valence-corrected chi connectivity index (χ2v) is 7.77. The summed E-state index contributed by atoms with van der Waals surface area (Å²) in [6.45, 7) is 3.29. The fraction of sp³-hybridized carbons (Fsp3) is 0.364. The van der Waals surface area contributed by atoms with Gasteiger partial charge in [-0.05, 0) is 30.7 Å². The van der Waals surface area contributed by atoms with Crippen LogP contribution in [0.1, 0.15) is 21.9 Å². The molecule has 1 aliphatic heterocycles. The highest BCUT2D eigenvalue weighted by molar-refractivity contribution is 5.93. The Kier molecular flexibility index (Phi) is 6.97. The molecule has 0 radical (unpaired) electrons. The van der Waals surface area contributed by atoms with E-state index in [-0.39, 0.29) is 24.2 Å². The van der Waals surface area contributed by atoms with Gasteiger partial charge in [-0.15, -0.1) is 5.10 Å². The number of aryl methyl sites for hydroxylation is 1. The molecule has 3 aromatic rings. The van der Waals surface area contributed by atoms with Crippen LogP contribution >= 0.6 is 0 Å². The van der Waals surface area contributed by atoms with E-state index in [1.807, 2.05) is 24.3 Å². The highest BCUT2D eigenvalue weighted by Crippen LogP contribution is 2.17. The summed E-state index contributed by atoms with van der Waals surface area (Å²) in [4.78, 5) is 33.9. The van der Waals surface area contributed by atoms with E-state index in [9.17, 15) is 14.7 Å². The van der Waals surface area contributed by atoms with Crippen LogP contribution in [-0.2, 0) is 17.8 Å². The van der Waals surface area contributed by atoms with Gasteiger partial charge in [0.1, 0.15) is 23.0 Å². The second-order valence-electron chi connectivity index (χ2n) is 7.77. The minimum atomic E-state index is -0.971. The number of morpholine rings is 1. The zero-order valence-electron chi connectivity index (χ0n) is 18.8. The molecular weight excluding hydrogens is 442 g/mol. The number of ether oxygens (including phenoxy) is 2. The Morgan fingerprint density at radius 3 is 2.91 bits per heavy atom. The van der Waals surface area contributed by atoms with Crippen molar-refractivity contribution in [2.45, 2.75) is 26.1 Å². The van der Waals surface area contributed by atoms with Crippen LogP contribution in [0.4, 0.5) is 4.79 Å². The second kappa shape index (κ2) is 10.3. The van der Waals surface area contributed by atoms with Crippen LogP contribution in [0.2, 0.25) is 0 Å². The van der Waals surface area contributed by atoms with Crippen molar-refractivity contribution in [3.05, 3.63) is 53.6 Å². The Balaban J connectivity index is 1.43. The molecule has 2 amide bonds. The molecule has 3 heterocycles. The molecule has 1 fully saturated rings. The third kappa shape index (κ3) is 5.64. The summed E-state index contributed by atoms with van der Waals surface area (Å²) in [7, 11) is 1.59. The first-order chi connectivity index (χ1) is 16.4. The van der Waals surface area contributed by atoms with Crippen LogP contribution < -0.4 is 10.1 Å². The molecule has 1 atom stereocenters. The normalized spacial score (nSPS) is 15.7. The number of carbonyl (C=O) groups is 2. The Labute approximate surface area is 195 Å². The van der Waals surface area contributed by atoms with Gasteiger partial charge in [-0.25, -0.2) is 19.4 Å². The number of hydrogen-bond donors (Lipinski definition) is 2. The summed E-state index contributed by atoms with van der Waals surface area (Å²) in [6, 6.07) is 8.99. The van der Waals surface area contributed by atoms with Gasteiger partial charge in [-0.2, -0.15) is 0 Å². The van der Waals surface area contributed by atoms with Crippen molar-refractivity contribution in [1.29, 1.82) is 0 Å². The SMILES string of the molecule is COc1cccc(CNC(=O)c2cc(-c3cn(CC4CN(C(=O)O)CCO4)nn3)nc(C)n2)c1. The zero-order valence-corrected chi connectivity index (χ0v) is 18.8. The molecule has 12 nitrogen and oxygen atoms in total. The molecular formula is C22H25N7O5. The monoisotopic (exact) mass is 467 g/mol. The molecule has 0 saturated carbocycles. The number of hydrogen-bond acceptors (Lipinski definition) is 8. The van der Waals surface area contributed by atoms with E-state index < -0.39 is 6.09 Å². The average molecular weight is 467 g/mol. The van der Waals surface area contributed by atoms with Crippen LogP contribution in [0.3, 0.4) is 0 Å². The number of carboxylic acid groups (broad SMARTS) is 1. The van der Waals surface area contributed by atoms with Gasteiger partial charge in [0.25, 0.3) is 5.91 Å². The number of methoxy groups -OCH3 is 1. The first-order valence-electron chi connectivity index (χ1n) is 10.7. The summed E-state index contributed by atoms with van der Waals surface area (Å²) in [5, 5.41) is 20.3. The highest BCUT2D eigenvalue weighted by atomic mass is 16.5. The van der Waals surface area contributed by atoms with Crippen molar-refractivity contribution in [1.82, 2.24) is 35.2 Å². The Hall–Kier alpha value is -4.06. The Morgan fingerprint density at radius 2 is 2.12 bits per heavy atom. The molecule has 2 N–H and O–H groups in total. The van der Waals surface area contributed by atoms with Gasteiger partial charge in [-0.3, -0.25) is 4.79 Å². The maximum absolute atomic E-state index is 12.7. The summed E-state index contributed by atoms with van der Waals surface area (Å²) < 4.78 is 12.4. The summed E-state index contributed by atoms with van der Waals surface area (Å²) in [5.74, 6) is 0.793. The summed E-state index contributed by atoms with van der Waals surface area (Å²) >= 11 is 0. The zero-order chi connectivity index (χ0) is 24.1. The minimum absolute atomic E-state index is 0.215. The van der Waals surface area contributed by atoms with E-state index in [1.54, 1.807) is 31.0 Å². The lowest BCUT2D eigenvalue weighted by Gasteiger charge is -2.30. The van der Waals surface area contributed by atoms with Crippen LogP contribution in [0.25, 0.3) is 11.4 Å². The molecule has 1 unspecified atom stereocenters. The fourth-order valence-electron chi connectivity index (χ4n) is 3.59. The van der Waals surface area contributed by atoms with Gasteiger partial charge in [0.2, 0.25) is 0 Å². The van der Waals surface area contributed by atoms with Crippen LogP contribution in [0, 0.1) is 6.92 Å². The molecule has 2 aromatic heterocycles. The minimum Gasteiger partial charge on any atom is -0.497 e. The van der Waals surface area contributed by atoms with Gasteiger partial charge >= 0.3 is 6.09 Å². The van der Waals surface area contributed by atoms with Gasteiger partial charge in [0.15, 0.2) is 0 Å². The highest BCUT2D eigenvalue weighted by Gasteiger charge is 2.24. The van der Waals surface area contributed by atoms with Crippen molar-refractivity contribution in [3.8, 4) is 17.1 Å². The number of nitrogens with zero attached hydrogens (tertiary/aromatic N) is 6. The van der Waals surface area contributed by atoms with Gasteiger partial charge in [-0.1, -0.05) is 17.3 Å². The lowest BCUT2D eigenvalue weighted by atomic mass is 10.2. The Bertz CT molecular complexity index is 1180. The topological polar surface area (TPSA) is 145 Å². The molecule has 34 heavy (non-hydrogen) atoms. The van der Waals surface area contributed by atoms with E-state index in [4.69, 9.17) is 9.47 Å². The van der Waals surface area contributed by atoms with Crippen molar-refractivity contribution >= 4 is 12.0 Å². The fourth-order valence-corrected chi connectivity index (χ4v) is 3.59. The molecule has 0 spiro atoms. The number of amides is 2. The molecule has 0 bridgehead atoms. The number of rotatable bonds is 7. The molecule has 0 aliphatic carbocycles. The number of carbonyl (C=O) groups excluding carboxylic acids is 1. The van der Waals surface area contributed by atoms with Crippen molar-refractivity contribution in [3.63, 3.8) is 0 Å². The van der Waals surface area contributed by atoms with Crippen LogP contribution in [-0.4, -0.2) is 79.9 Å². The smallest absolute Gasteiger partial charge is 0.407 e. The number of nitrogens with one attached hydrogen (secondary N) is 1. The Morgan fingerprint density at radius 1 is 1.26 bits per heavy atom. The molecule has 4 rings (SSSR count). The first kappa shape index (κ1) is 23.1. The lowest BCUT2D eigenvalue weighted by molar-refractivity contribution is -0.0309. The van der Waals surface area contributed by atoms with Crippen molar-refractivity contribution in [2.75, 3.05) is 26.8 Å². The number of aromatic nitrogens is 5. The average Bonchev–Trinajstić information content (AvgIpc) is 3.31. The number of benzene rings is 1. The molecule has 1 aromatic carbocycles. The van der Waals surface area contributed by atoms with E-state index in [0.29, 0.717) is 49.2 Å². The third-order valence-corrected chi connectivity index (χ3v) is 5.26. The molecule has 12 heteroatoms. The lowest BCUT2D eigenvalue weighted by Crippen LogP contribution is -2.46. The third-order valence-electron chi connectivity index (χ3n) is 5.26. The molecule has 178 valence electrons. The standard InChI is InChI=1S/C22H25N7O5/c1-14-24-18(9-19(25-14)21(30)23-10-15-4-3-5-16(8-15)33-2)20-13-29(27-26-20)12-17-11-28(22(31)32)6-7-34-17/h3-5,8-9,13,17H,6-7,10-12H2,1-2H3,(H,23,30)(H,31,32). The molecule has 1 aliphatic rings. The predicted octanol–water partition coefficient (Wildman–Crippen LogP) is 1.36. The van der Waals surface area contributed by atoms with E-state index in [0.717, 1.165) is 5.56 Å². The van der Waals surface area contributed by atoms with Crippen molar-refractivity contribution < 1.29 is 24.2 Å². The summed E-state index contributed by atoms with van der Waals surface area (Å²) in [5.41, 5.74) is 2.04. The van der Waals surface area contributed by atoms with E-state index >= 15 is 0 Å². The van der Waals surface area contributed by atoms with Crippen molar-refractivity contribution in [2.24, 2.45) is 0 Å². The van der Waals surface area contributed by atoms with Gasteiger partial charge in [0.05, 0.1) is 44.8 Å². The van der Waals surface area contributed by atoms with Crippen LogP contribution in [0.5, 0.6) is 5.75 Å². The first-order valence-corrected chi connectivity index (χ1v) is 10.7. The maximum Gasteiger partial charge on any atom is 0.407 e. The maximum atomic E-state index is 12.7. The van der Waals surface area contributed by atoms with Gasteiger partial charge in [0, 0.05) is 13.1 Å². The van der Waals surface area contributed by atoms with E-state index in [2.05, 4.69) is 25.6 Å². The van der Waals surface area contributed by atoms with Crippen LogP contribution in [0.15, 0.2) is 36.5 Å². The molecule has 1 saturated heterocycles.